The number of nitrogens with one attached hydrogen (secondary N) is 2. The fourth-order valence-corrected chi connectivity index (χ4v) is 8.21. The molecule has 0 radical (unpaired) electrons. The highest BCUT2D eigenvalue weighted by Crippen LogP contribution is 2.57. The second-order valence-corrected chi connectivity index (χ2v) is 15.5. The average molecular weight is 708 g/mol. The van der Waals surface area contributed by atoms with Gasteiger partial charge in [-0.2, -0.15) is 9.97 Å². The predicted molar refractivity (Wildman–Crippen MR) is 167 cm³/mol. The highest BCUT2D eigenvalue weighted by Gasteiger charge is 2.54. The number of ether oxygens (including phenoxy) is 5. The normalized spacial score (nSPS) is 23.7. The van der Waals surface area contributed by atoms with Crippen LogP contribution in [0.3, 0.4) is 0 Å². The number of hydrogen-bond acceptors (Lipinski definition) is 17. The Bertz CT molecular complexity index is 1480. The van der Waals surface area contributed by atoms with Gasteiger partial charge in [0.2, 0.25) is 11.8 Å². The van der Waals surface area contributed by atoms with E-state index in [1.807, 2.05) is 0 Å². The lowest BCUT2D eigenvalue weighted by molar-refractivity contribution is -0.150. The molecule has 47 heavy (non-hydrogen) atoms. The van der Waals surface area contributed by atoms with Gasteiger partial charge in [-0.25, -0.2) is 19.7 Å². The van der Waals surface area contributed by atoms with Crippen molar-refractivity contribution < 1.29 is 57.4 Å². The number of carbonyl (C=O) groups is 3. The Balaban J connectivity index is 1.86. The topological polar surface area (TPSA) is 258 Å². The number of aliphatic hydroxyl groups is 2. The summed E-state index contributed by atoms with van der Waals surface area (Å²) in [5, 5.41) is 27.4. The number of nitrogens with two attached hydrogens (primary N) is 1. The quantitative estimate of drug-likeness (QED) is 0.0978. The maximum Gasteiger partial charge on any atom is 0.407 e. The smallest absolute Gasteiger partial charge is 0.407 e. The molecule has 0 saturated carbocycles. The minimum Gasteiger partial charge on any atom is -0.479 e. The molecule has 1 aliphatic rings. The van der Waals surface area contributed by atoms with Crippen LogP contribution in [0.2, 0.25) is 0 Å². The predicted octanol–water partition coefficient (Wildman–Crippen LogP) is 0.890. The van der Waals surface area contributed by atoms with E-state index in [0.29, 0.717) is 11.4 Å². The fourth-order valence-electron chi connectivity index (χ4n) is 4.36. The van der Waals surface area contributed by atoms with Gasteiger partial charge in [-0.15, -0.1) is 0 Å². The Morgan fingerprint density at radius 3 is 2.38 bits per heavy atom. The lowest BCUT2D eigenvalue weighted by atomic mass is 9.96. The van der Waals surface area contributed by atoms with Crippen molar-refractivity contribution in [1.29, 1.82) is 0 Å². The van der Waals surface area contributed by atoms with Crippen LogP contribution in [0.15, 0.2) is 6.33 Å². The van der Waals surface area contributed by atoms with Crippen molar-refractivity contribution in [2.24, 2.45) is 0 Å². The summed E-state index contributed by atoms with van der Waals surface area (Å²) >= 11 is 0.579. The molecule has 0 spiro atoms. The summed E-state index contributed by atoms with van der Waals surface area (Å²) in [5.41, 5.74) is 4.22. The van der Waals surface area contributed by atoms with E-state index in [-0.39, 0.29) is 28.7 Å². The van der Waals surface area contributed by atoms with E-state index in [1.165, 1.54) is 31.9 Å². The summed E-state index contributed by atoms with van der Waals surface area (Å²) in [5.74, 6) is -1.98. The van der Waals surface area contributed by atoms with Gasteiger partial charge in [-0.3, -0.25) is 13.9 Å². The van der Waals surface area contributed by atoms with Crippen molar-refractivity contribution in [3.63, 3.8) is 0 Å². The van der Waals surface area contributed by atoms with Crippen molar-refractivity contribution in [1.82, 2.24) is 29.9 Å². The lowest BCUT2D eigenvalue weighted by Gasteiger charge is -2.27. The van der Waals surface area contributed by atoms with Gasteiger partial charge in [0, 0.05) is 5.75 Å². The summed E-state index contributed by atoms with van der Waals surface area (Å²) in [4.78, 5) is 49.6. The standard InChI is InChI=1S/C26H42N7O12PS/c1-12(2)43-21(35)14(5)32-46(39,47-10-15(29-25(37)41-8)22(36)44-13(3)4)42-9-16-18(34)26(6,38)23(45-16)33-11-28-17-19(33)30-24(27)31-20(17)40-7/h11-16,18,23,34,38H,9-10H2,1-8H3,(H,29,37)(H,32,39)(H2,27,30,31)/t14-,15?,16?,18-,23?,26-,46?/m1/s1. The Kier molecular flexibility index (Phi) is 12.8. The number of alkyl carbamates (subject to hydrolysis) is 1. The van der Waals surface area contributed by atoms with Gasteiger partial charge in [0.15, 0.2) is 17.4 Å². The fraction of sp³-hybridized carbons (Fsp3) is 0.692. The number of methoxy groups -OCH3 is 2. The summed E-state index contributed by atoms with van der Waals surface area (Å²) in [6, 6.07) is -2.49. The summed E-state index contributed by atoms with van der Waals surface area (Å²) in [7, 11) is 2.47. The molecule has 21 heteroatoms. The van der Waals surface area contributed by atoms with Crippen LogP contribution in [0.4, 0.5) is 10.7 Å². The van der Waals surface area contributed by atoms with Crippen molar-refractivity contribution >= 4 is 53.2 Å². The average Bonchev–Trinajstić information content (AvgIpc) is 3.49. The molecule has 2 aromatic rings. The van der Waals surface area contributed by atoms with E-state index in [9.17, 15) is 29.2 Å². The molecule has 1 saturated heterocycles. The number of hydrogen-bond donors (Lipinski definition) is 5. The Morgan fingerprint density at radius 1 is 1.15 bits per heavy atom. The SMILES string of the molecule is COC(=O)NC(CSP(=O)(N[C@H](C)C(=O)OC(C)C)OCC1OC(n2cnc3c(OC)nc(N)nc32)[C@](C)(O)[C@@H]1O)C(=O)OC(C)C. The second-order valence-electron chi connectivity index (χ2n) is 11.2. The third-order valence-corrected chi connectivity index (χ3v) is 10.7. The maximum atomic E-state index is 14.2. The molecule has 3 rings (SSSR count). The first-order valence-electron chi connectivity index (χ1n) is 14.4. The summed E-state index contributed by atoms with van der Waals surface area (Å²) in [6.45, 7) is 4.44. The monoisotopic (exact) mass is 707 g/mol. The molecule has 1 fully saturated rings. The van der Waals surface area contributed by atoms with Crippen LogP contribution in [-0.4, -0.2) is 116 Å². The van der Waals surface area contributed by atoms with Crippen LogP contribution in [-0.2, 0) is 37.6 Å². The van der Waals surface area contributed by atoms with E-state index < -0.39 is 79.7 Å². The molecule has 264 valence electrons. The zero-order valence-corrected chi connectivity index (χ0v) is 28.9. The van der Waals surface area contributed by atoms with E-state index >= 15 is 0 Å². The highest BCUT2D eigenvalue weighted by molar-refractivity contribution is 8.56. The molecule has 3 heterocycles. The Morgan fingerprint density at radius 2 is 1.79 bits per heavy atom. The number of aliphatic hydroxyl groups excluding tert-OH is 1. The Labute approximate surface area is 274 Å². The minimum atomic E-state index is -4.19. The first-order chi connectivity index (χ1) is 21.9. The van der Waals surface area contributed by atoms with Crippen molar-refractivity contribution in [2.75, 3.05) is 32.3 Å². The highest BCUT2D eigenvalue weighted by atomic mass is 32.7. The van der Waals surface area contributed by atoms with Crippen LogP contribution in [0.1, 0.15) is 47.8 Å². The first kappa shape index (κ1) is 38.2. The number of aromatic nitrogens is 4. The van der Waals surface area contributed by atoms with Gasteiger partial charge < -0.3 is 49.5 Å². The molecular weight excluding hydrogens is 665 g/mol. The molecule has 7 atom stereocenters. The largest absolute Gasteiger partial charge is 0.479 e. The number of amides is 1. The van der Waals surface area contributed by atoms with E-state index in [1.54, 1.807) is 27.7 Å². The zero-order chi connectivity index (χ0) is 35.3. The van der Waals surface area contributed by atoms with Gasteiger partial charge in [0.1, 0.15) is 29.9 Å². The second kappa shape index (κ2) is 15.8. The molecule has 19 nitrogen and oxygen atoms in total. The minimum absolute atomic E-state index is 0.0794. The molecule has 2 aromatic heterocycles. The third-order valence-electron chi connectivity index (χ3n) is 6.60. The van der Waals surface area contributed by atoms with E-state index in [2.05, 4.69) is 30.1 Å². The number of carbonyl (C=O) groups excluding carboxylic acids is 3. The molecule has 1 amide bonds. The van der Waals surface area contributed by atoms with Crippen molar-refractivity contribution in [3.05, 3.63) is 6.33 Å². The molecule has 6 N–H and O–H groups in total. The van der Waals surface area contributed by atoms with Crippen LogP contribution >= 0.6 is 18.1 Å². The number of imidazole rings is 1. The van der Waals surface area contributed by atoms with Gasteiger partial charge in [-0.1, -0.05) is 11.4 Å². The summed E-state index contributed by atoms with van der Waals surface area (Å²) in [6.07, 6.45) is -4.80. The Hall–Kier alpha value is -3.26. The molecule has 0 aromatic carbocycles. The van der Waals surface area contributed by atoms with Crippen molar-refractivity contribution in [3.8, 4) is 5.88 Å². The molecular formula is C26H42N7O12PS. The molecule has 4 unspecified atom stereocenters. The number of esters is 2. The van der Waals surface area contributed by atoms with Crippen molar-refractivity contribution in [2.45, 2.75) is 89.9 Å². The number of nitrogen functional groups attached to an aromatic ring is 1. The van der Waals surface area contributed by atoms with Gasteiger partial charge in [0.25, 0.3) is 0 Å². The number of nitrogens with zero attached hydrogens (tertiary/aromatic N) is 4. The molecule has 1 aliphatic heterocycles. The van der Waals surface area contributed by atoms with Crippen LogP contribution in [0, 0.1) is 0 Å². The summed E-state index contributed by atoms with van der Waals surface area (Å²) < 4.78 is 47.5. The zero-order valence-electron chi connectivity index (χ0n) is 27.2. The molecule has 0 bridgehead atoms. The third kappa shape index (κ3) is 9.43. The van der Waals surface area contributed by atoms with Gasteiger partial charge in [0.05, 0.1) is 39.4 Å². The van der Waals surface area contributed by atoms with Gasteiger partial charge >= 0.3 is 24.8 Å². The van der Waals surface area contributed by atoms with E-state index in [0.717, 1.165) is 7.11 Å². The lowest BCUT2D eigenvalue weighted by Crippen LogP contribution is -2.45. The van der Waals surface area contributed by atoms with E-state index in [4.69, 9.17) is 29.2 Å². The van der Waals surface area contributed by atoms with Gasteiger partial charge in [-0.05, 0) is 41.5 Å². The maximum absolute atomic E-state index is 14.2. The van der Waals surface area contributed by atoms with Crippen LogP contribution in [0.5, 0.6) is 5.88 Å². The number of rotatable bonds is 15. The van der Waals surface area contributed by atoms with Crippen LogP contribution < -0.4 is 20.9 Å². The number of fused-ring (bicyclic) bond motifs is 1. The number of anilines is 1. The molecule has 0 aliphatic carbocycles. The van der Waals surface area contributed by atoms with Crippen LogP contribution in [0.25, 0.3) is 11.2 Å². The first-order valence-corrected chi connectivity index (χ1v) is 17.7.